The molecular weight excluding hydrogens is 445 g/mol. The number of amides is 4. The number of imide groups is 1. The molecule has 3 rings (SSSR count). The van der Waals surface area contributed by atoms with Gasteiger partial charge in [0, 0.05) is 17.3 Å². The number of hydrogen-bond donors (Lipinski definition) is 4. The normalized spacial score (nSPS) is 14.2. The first-order chi connectivity index (χ1) is 15.4. The second-order valence-corrected chi connectivity index (χ2v) is 7.01. The van der Waals surface area contributed by atoms with Crippen LogP contribution in [0.5, 0.6) is 0 Å². The molecule has 33 heavy (non-hydrogen) atoms. The average Bonchev–Trinajstić information content (AvgIpc) is 3.06. The Kier molecular flexibility index (Phi) is 8.13. The first-order valence-electron chi connectivity index (χ1n) is 9.52. The van der Waals surface area contributed by atoms with E-state index >= 15 is 0 Å². The Morgan fingerprint density at radius 3 is 2.27 bits per heavy atom. The van der Waals surface area contributed by atoms with Gasteiger partial charge in [-0.15, -0.1) is 0 Å². The molecule has 4 amide bonds. The summed E-state index contributed by atoms with van der Waals surface area (Å²) in [6.07, 6.45) is -5.08. The monoisotopic (exact) mass is 466 g/mol. The molecule has 1 aliphatic rings. The summed E-state index contributed by atoms with van der Waals surface area (Å²) in [5.41, 5.74) is 8.63. The van der Waals surface area contributed by atoms with E-state index in [-0.39, 0.29) is 30.9 Å². The molecule has 2 aromatic carbocycles. The van der Waals surface area contributed by atoms with E-state index in [9.17, 15) is 27.6 Å². The number of anilines is 1. The van der Waals surface area contributed by atoms with Crippen LogP contribution in [-0.4, -0.2) is 46.5 Å². The lowest BCUT2D eigenvalue weighted by Gasteiger charge is -2.13. The third-order valence-electron chi connectivity index (χ3n) is 4.40. The fraction of sp³-hybridized carbons (Fsp3) is 0.238. The van der Waals surface area contributed by atoms with Crippen LogP contribution >= 0.6 is 0 Å². The van der Waals surface area contributed by atoms with Crippen molar-refractivity contribution in [2.45, 2.75) is 25.7 Å². The Bertz CT molecular complexity index is 1020. The van der Waals surface area contributed by atoms with Gasteiger partial charge in [0.1, 0.15) is 0 Å². The van der Waals surface area contributed by atoms with Gasteiger partial charge in [-0.05, 0) is 42.3 Å². The summed E-state index contributed by atoms with van der Waals surface area (Å²) in [5.74, 6) is -3.26. The maximum atomic E-state index is 12.4. The Morgan fingerprint density at radius 2 is 1.79 bits per heavy atom. The van der Waals surface area contributed by atoms with Crippen LogP contribution in [0.4, 0.5) is 23.7 Å². The zero-order chi connectivity index (χ0) is 24.8. The lowest BCUT2D eigenvalue weighted by atomic mass is 10.1. The lowest BCUT2D eigenvalue weighted by molar-refractivity contribution is -0.192. The second kappa shape index (κ2) is 10.6. The van der Waals surface area contributed by atoms with Crippen molar-refractivity contribution in [1.29, 1.82) is 0 Å². The molecule has 9 nitrogen and oxygen atoms in total. The van der Waals surface area contributed by atoms with Crippen LogP contribution in [0.2, 0.25) is 0 Å². The standard InChI is InChI=1S/C19H20N4O3.C2HF3O2/c1-12(20)14-5-7-15(8-6-14)18(25)22-16-4-2-3-13(9-16)11-23-17(24)10-21-19(23)26;3-2(4,5)1(6)7/h2-9,12H,10-11,20H2,1H3,(H,21,26)(H,22,25);(H,6,7)/t12-;/m0./s1. The van der Waals surface area contributed by atoms with E-state index in [2.05, 4.69) is 10.6 Å². The van der Waals surface area contributed by atoms with Crippen molar-refractivity contribution in [2.24, 2.45) is 5.73 Å². The van der Waals surface area contributed by atoms with Gasteiger partial charge in [-0.3, -0.25) is 14.5 Å². The molecule has 176 valence electrons. The van der Waals surface area contributed by atoms with Crippen molar-refractivity contribution in [3.8, 4) is 0 Å². The summed E-state index contributed by atoms with van der Waals surface area (Å²) >= 11 is 0. The maximum Gasteiger partial charge on any atom is 0.490 e. The first kappa shape index (κ1) is 25.3. The number of urea groups is 1. The van der Waals surface area contributed by atoms with Gasteiger partial charge in [-0.25, -0.2) is 9.59 Å². The molecule has 0 unspecified atom stereocenters. The number of nitrogens with one attached hydrogen (secondary N) is 2. The number of hydrogen-bond acceptors (Lipinski definition) is 5. The van der Waals surface area contributed by atoms with Crippen molar-refractivity contribution >= 4 is 29.5 Å². The molecule has 0 spiro atoms. The number of nitrogens with two attached hydrogens (primary N) is 1. The molecule has 0 aromatic heterocycles. The van der Waals surface area contributed by atoms with E-state index in [4.69, 9.17) is 15.6 Å². The fourth-order valence-electron chi connectivity index (χ4n) is 2.69. The van der Waals surface area contributed by atoms with Gasteiger partial charge >= 0.3 is 18.2 Å². The van der Waals surface area contributed by atoms with Gasteiger partial charge in [-0.2, -0.15) is 13.2 Å². The van der Waals surface area contributed by atoms with Crippen molar-refractivity contribution in [1.82, 2.24) is 10.2 Å². The zero-order valence-electron chi connectivity index (χ0n) is 17.3. The summed E-state index contributed by atoms with van der Waals surface area (Å²) in [5, 5.41) is 12.4. The summed E-state index contributed by atoms with van der Waals surface area (Å²) in [4.78, 5) is 45.7. The van der Waals surface area contributed by atoms with Crippen molar-refractivity contribution in [3.63, 3.8) is 0 Å². The predicted molar refractivity (Wildman–Crippen MR) is 111 cm³/mol. The Balaban J connectivity index is 0.000000479. The molecule has 1 saturated heterocycles. The minimum atomic E-state index is -5.08. The first-order valence-corrected chi connectivity index (χ1v) is 9.52. The number of aliphatic carboxylic acids is 1. The largest absolute Gasteiger partial charge is 0.490 e. The molecule has 1 aliphatic heterocycles. The number of alkyl halides is 3. The number of rotatable bonds is 5. The lowest BCUT2D eigenvalue weighted by Crippen LogP contribution is -2.30. The Labute approximate surface area is 186 Å². The molecular formula is C21H21F3N4O5. The average molecular weight is 466 g/mol. The summed E-state index contributed by atoms with van der Waals surface area (Å²) in [7, 11) is 0. The van der Waals surface area contributed by atoms with E-state index in [1.807, 2.05) is 19.1 Å². The van der Waals surface area contributed by atoms with Crippen molar-refractivity contribution < 1.29 is 37.5 Å². The smallest absolute Gasteiger partial charge is 0.475 e. The molecule has 0 saturated carbocycles. The van der Waals surface area contributed by atoms with Gasteiger partial charge in [0.2, 0.25) is 5.91 Å². The number of benzene rings is 2. The Hall–Kier alpha value is -3.93. The molecule has 1 heterocycles. The fourth-order valence-corrected chi connectivity index (χ4v) is 2.69. The van der Waals surface area contributed by atoms with Gasteiger partial charge in [0.25, 0.3) is 5.91 Å². The third kappa shape index (κ3) is 7.31. The third-order valence-corrected chi connectivity index (χ3v) is 4.40. The molecule has 1 atom stereocenters. The van der Waals surface area contributed by atoms with Crippen LogP contribution in [0.3, 0.4) is 0 Å². The summed E-state index contributed by atoms with van der Waals surface area (Å²) in [6, 6.07) is 13.7. The number of carboxylic acid groups (broad SMARTS) is 1. The second-order valence-electron chi connectivity index (χ2n) is 7.01. The highest BCUT2D eigenvalue weighted by molar-refractivity contribution is 6.04. The van der Waals surface area contributed by atoms with E-state index < -0.39 is 18.2 Å². The van der Waals surface area contributed by atoms with Crippen LogP contribution in [0.15, 0.2) is 48.5 Å². The highest BCUT2D eigenvalue weighted by Gasteiger charge is 2.38. The zero-order valence-corrected chi connectivity index (χ0v) is 17.3. The van der Waals surface area contributed by atoms with Crippen LogP contribution in [0.1, 0.15) is 34.5 Å². The highest BCUT2D eigenvalue weighted by Crippen LogP contribution is 2.17. The van der Waals surface area contributed by atoms with Crippen LogP contribution in [-0.2, 0) is 16.1 Å². The molecule has 0 radical (unpaired) electrons. The molecule has 1 fully saturated rings. The van der Waals surface area contributed by atoms with Crippen molar-refractivity contribution in [3.05, 3.63) is 65.2 Å². The predicted octanol–water partition coefficient (Wildman–Crippen LogP) is 2.64. The molecule has 0 aliphatic carbocycles. The van der Waals surface area contributed by atoms with E-state index in [0.29, 0.717) is 11.3 Å². The van der Waals surface area contributed by atoms with Gasteiger partial charge in [-0.1, -0.05) is 24.3 Å². The van der Waals surface area contributed by atoms with E-state index in [1.165, 1.54) is 0 Å². The number of carbonyl (C=O) groups is 4. The van der Waals surface area contributed by atoms with Gasteiger partial charge < -0.3 is 21.5 Å². The van der Waals surface area contributed by atoms with E-state index in [1.54, 1.807) is 36.4 Å². The molecule has 12 heteroatoms. The van der Waals surface area contributed by atoms with E-state index in [0.717, 1.165) is 16.0 Å². The van der Waals surface area contributed by atoms with Gasteiger partial charge in [0.05, 0.1) is 13.1 Å². The van der Waals surface area contributed by atoms with Crippen molar-refractivity contribution in [2.75, 3.05) is 11.9 Å². The Morgan fingerprint density at radius 1 is 1.18 bits per heavy atom. The number of carbonyl (C=O) groups excluding carboxylic acids is 3. The number of halogens is 3. The highest BCUT2D eigenvalue weighted by atomic mass is 19.4. The van der Waals surface area contributed by atoms with Crippen LogP contribution in [0, 0.1) is 0 Å². The quantitative estimate of drug-likeness (QED) is 0.499. The SMILES string of the molecule is C[C@H](N)c1ccc(C(=O)Nc2cccc(CN3C(=O)CNC3=O)c2)cc1.O=C(O)C(F)(F)F. The summed E-state index contributed by atoms with van der Waals surface area (Å²) < 4.78 is 31.7. The molecule has 0 bridgehead atoms. The topological polar surface area (TPSA) is 142 Å². The van der Waals surface area contributed by atoms with Gasteiger partial charge in [0.15, 0.2) is 0 Å². The maximum absolute atomic E-state index is 12.4. The number of nitrogens with zero attached hydrogens (tertiary/aromatic N) is 1. The van der Waals surface area contributed by atoms with Crippen LogP contribution < -0.4 is 16.4 Å². The molecule has 2 aromatic rings. The minimum absolute atomic E-state index is 0.0205. The minimum Gasteiger partial charge on any atom is -0.475 e. The van der Waals surface area contributed by atoms with Crippen LogP contribution in [0.25, 0.3) is 0 Å². The number of carboxylic acids is 1. The summed E-state index contributed by atoms with van der Waals surface area (Å²) in [6.45, 7) is 2.07. The molecule has 5 N–H and O–H groups in total.